The second-order valence-corrected chi connectivity index (χ2v) is 2.71. The molecule has 0 aromatic carbocycles. The van der Waals surface area contributed by atoms with Gasteiger partial charge in [-0.2, -0.15) is 0 Å². The Bertz CT molecular complexity index is 278. The molecule has 1 heterocycles. The first-order chi connectivity index (χ1) is 5.66. The van der Waals surface area contributed by atoms with Gasteiger partial charge in [0.2, 0.25) is 0 Å². The standard InChI is InChI=1S/C9H13NO2/c1-4-10(3)9(11)8-5-6-12-7(8)2/h5-6H,4H2,1-3H3. The smallest absolute Gasteiger partial charge is 0.257 e. The van der Waals surface area contributed by atoms with Gasteiger partial charge >= 0.3 is 0 Å². The Morgan fingerprint density at radius 2 is 2.33 bits per heavy atom. The molecular weight excluding hydrogens is 154 g/mol. The zero-order chi connectivity index (χ0) is 9.14. The van der Waals surface area contributed by atoms with E-state index in [-0.39, 0.29) is 5.91 Å². The molecule has 0 fully saturated rings. The van der Waals surface area contributed by atoms with Gasteiger partial charge in [0, 0.05) is 13.6 Å². The molecule has 1 amide bonds. The van der Waals surface area contributed by atoms with Crippen LogP contribution in [-0.4, -0.2) is 24.4 Å². The van der Waals surface area contributed by atoms with Crippen LogP contribution in [0.25, 0.3) is 0 Å². The van der Waals surface area contributed by atoms with Crippen molar-refractivity contribution >= 4 is 5.91 Å². The summed E-state index contributed by atoms with van der Waals surface area (Å²) in [5, 5.41) is 0. The van der Waals surface area contributed by atoms with Gasteiger partial charge in [-0.3, -0.25) is 4.79 Å². The molecule has 0 bridgehead atoms. The van der Waals surface area contributed by atoms with Crippen molar-refractivity contribution in [3.05, 3.63) is 23.7 Å². The molecule has 1 aromatic heterocycles. The van der Waals surface area contributed by atoms with Gasteiger partial charge in [0.15, 0.2) is 0 Å². The number of hydrogen-bond acceptors (Lipinski definition) is 2. The Morgan fingerprint density at radius 3 is 2.75 bits per heavy atom. The monoisotopic (exact) mass is 167 g/mol. The predicted octanol–water partition coefficient (Wildman–Crippen LogP) is 1.68. The van der Waals surface area contributed by atoms with Gasteiger partial charge in [-0.25, -0.2) is 0 Å². The molecule has 0 aliphatic carbocycles. The summed E-state index contributed by atoms with van der Waals surface area (Å²) in [6.07, 6.45) is 1.53. The van der Waals surface area contributed by atoms with Crippen LogP contribution in [0, 0.1) is 6.92 Å². The highest BCUT2D eigenvalue weighted by molar-refractivity contribution is 5.94. The Balaban J connectivity index is 2.85. The molecule has 1 rings (SSSR count). The van der Waals surface area contributed by atoms with Crippen molar-refractivity contribution in [2.45, 2.75) is 13.8 Å². The summed E-state index contributed by atoms with van der Waals surface area (Å²) in [6, 6.07) is 1.70. The van der Waals surface area contributed by atoms with Gasteiger partial charge in [-0.1, -0.05) is 0 Å². The molecule has 0 N–H and O–H groups in total. The third-order valence-electron chi connectivity index (χ3n) is 1.91. The fourth-order valence-electron chi connectivity index (χ4n) is 0.956. The average molecular weight is 167 g/mol. The van der Waals surface area contributed by atoms with Gasteiger partial charge < -0.3 is 9.32 Å². The number of hydrogen-bond donors (Lipinski definition) is 0. The van der Waals surface area contributed by atoms with Crippen LogP contribution in [0.3, 0.4) is 0 Å². The minimum absolute atomic E-state index is 0.0174. The SMILES string of the molecule is CCN(C)C(=O)c1ccoc1C. The Labute approximate surface area is 72.0 Å². The van der Waals surface area contributed by atoms with Crippen molar-refractivity contribution in [2.75, 3.05) is 13.6 Å². The summed E-state index contributed by atoms with van der Waals surface area (Å²) >= 11 is 0. The highest BCUT2D eigenvalue weighted by Crippen LogP contribution is 2.10. The Kier molecular flexibility index (Phi) is 2.53. The van der Waals surface area contributed by atoms with Gasteiger partial charge in [-0.05, 0) is 19.9 Å². The van der Waals surface area contributed by atoms with Crippen LogP contribution in [-0.2, 0) is 0 Å². The predicted molar refractivity (Wildman–Crippen MR) is 46.1 cm³/mol. The number of nitrogens with zero attached hydrogens (tertiary/aromatic N) is 1. The van der Waals surface area contributed by atoms with E-state index in [1.54, 1.807) is 24.9 Å². The lowest BCUT2D eigenvalue weighted by Gasteiger charge is -2.13. The van der Waals surface area contributed by atoms with Gasteiger partial charge in [-0.15, -0.1) is 0 Å². The van der Waals surface area contributed by atoms with E-state index in [2.05, 4.69) is 0 Å². The van der Waals surface area contributed by atoms with Gasteiger partial charge in [0.25, 0.3) is 5.91 Å². The topological polar surface area (TPSA) is 33.5 Å². The van der Waals surface area contributed by atoms with Crippen LogP contribution in [0.2, 0.25) is 0 Å². The molecule has 0 radical (unpaired) electrons. The number of rotatable bonds is 2. The molecule has 0 saturated carbocycles. The first-order valence-electron chi connectivity index (χ1n) is 3.96. The maximum atomic E-state index is 11.5. The van der Waals surface area contributed by atoms with E-state index in [1.807, 2.05) is 6.92 Å². The second kappa shape index (κ2) is 3.43. The van der Waals surface area contributed by atoms with Crippen LogP contribution < -0.4 is 0 Å². The molecule has 0 saturated heterocycles. The first kappa shape index (κ1) is 8.84. The molecule has 0 atom stereocenters. The summed E-state index contributed by atoms with van der Waals surface area (Å²) in [5.41, 5.74) is 0.652. The molecule has 0 aliphatic rings. The lowest BCUT2D eigenvalue weighted by molar-refractivity contribution is 0.0800. The third kappa shape index (κ3) is 1.49. The third-order valence-corrected chi connectivity index (χ3v) is 1.91. The molecule has 0 aliphatic heterocycles. The van der Waals surface area contributed by atoms with Crippen molar-refractivity contribution in [1.82, 2.24) is 4.90 Å². The summed E-state index contributed by atoms with van der Waals surface area (Å²) in [6.45, 7) is 4.44. The minimum atomic E-state index is 0.0174. The maximum Gasteiger partial charge on any atom is 0.257 e. The number of furan rings is 1. The molecule has 1 aromatic rings. The Morgan fingerprint density at radius 1 is 1.67 bits per heavy atom. The van der Waals surface area contributed by atoms with Crippen LogP contribution in [0.5, 0.6) is 0 Å². The van der Waals surface area contributed by atoms with Crippen LogP contribution in [0.15, 0.2) is 16.7 Å². The van der Waals surface area contributed by atoms with Crippen LogP contribution >= 0.6 is 0 Å². The zero-order valence-corrected chi connectivity index (χ0v) is 7.63. The van der Waals surface area contributed by atoms with Crippen LogP contribution in [0.1, 0.15) is 23.0 Å². The van der Waals surface area contributed by atoms with Crippen molar-refractivity contribution in [3.63, 3.8) is 0 Å². The molecular formula is C9H13NO2. The van der Waals surface area contributed by atoms with E-state index in [4.69, 9.17) is 4.42 Å². The lowest BCUT2D eigenvalue weighted by Crippen LogP contribution is -2.26. The Hall–Kier alpha value is -1.25. The fraction of sp³-hybridized carbons (Fsp3) is 0.444. The van der Waals surface area contributed by atoms with Gasteiger partial charge in [0.05, 0.1) is 11.8 Å². The highest BCUT2D eigenvalue weighted by Gasteiger charge is 2.13. The molecule has 0 spiro atoms. The van der Waals surface area contributed by atoms with Crippen molar-refractivity contribution < 1.29 is 9.21 Å². The van der Waals surface area contributed by atoms with Crippen molar-refractivity contribution in [2.24, 2.45) is 0 Å². The highest BCUT2D eigenvalue weighted by atomic mass is 16.3. The number of carbonyl (C=O) groups excluding carboxylic acids is 1. The molecule has 12 heavy (non-hydrogen) atoms. The second-order valence-electron chi connectivity index (χ2n) is 2.71. The zero-order valence-electron chi connectivity index (χ0n) is 7.63. The minimum Gasteiger partial charge on any atom is -0.469 e. The van der Waals surface area contributed by atoms with E-state index in [0.29, 0.717) is 17.9 Å². The van der Waals surface area contributed by atoms with Gasteiger partial charge in [0.1, 0.15) is 5.76 Å². The molecule has 0 unspecified atom stereocenters. The largest absolute Gasteiger partial charge is 0.469 e. The summed E-state index contributed by atoms with van der Waals surface area (Å²) in [7, 11) is 1.77. The average Bonchev–Trinajstić information content (AvgIpc) is 2.48. The maximum absolute atomic E-state index is 11.5. The van der Waals surface area contributed by atoms with Crippen molar-refractivity contribution in [3.8, 4) is 0 Å². The number of amides is 1. The fourth-order valence-corrected chi connectivity index (χ4v) is 0.956. The van der Waals surface area contributed by atoms with E-state index >= 15 is 0 Å². The lowest BCUT2D eigenvalue weighted by atomic mass is 10.2. The van der Waals surface area contributed by atoms with E-state index in [0.717, 1.165) is 0 Å². The van der Waals surface area contributed by atoms with E-state index < -0.39 is 0 Å². The van der Waals surface area contributed by atoms with E-state index in [9.17, 15) is 4.79 Å². The van der Waals surface area contributed by atoms with E-state index in [1.165, 1.54) is 6.26 Å². The van der Waals surface area contributed by atoms with Crippen LogP contribution in [0.4, 0.5) is 0 Å². The molecule has 3 nitrogen and oxygen atoms in total. The molecule has 66 valence electrons. The first-order valence-corrected chi connectivity index (χ1v) is 3.96. The number of carbonyl (C=O) groups is 1. The normalized spacial score (nSPS) is 9.92. The summed E-state index contributed by atoms with van der Waals surface area (Å²) in [5.74, 6) is 0.698. The van der Waals surface area contributed by atoms with Crippen molar-refractivity contribution in [1.29, 1.82) is 0 Å². The summed E-state index contributed by atoms with van der Waals surface area (Å²) < 4.78 is 5.03. The number of aryl methyl sites for hydroxylation is 1. The quantitative estimate of drug-likeness (QED) is 0.671. The molecule has 3 heteroatoms. The summed E-state index contributed by atoms with van der Waals surface area (Å²) in [4.78, 5) is 13.2.